The van der Waals surface area contributed by atoms with Crippen LogP contribution in [0.4, 0.5) is 0 Å². The molecule has 2 rings (SSSR count). The fourth-order valence-corrected chi connectivity index (χ4v) is 1.39. The van der Waals surface area contributed by atoms with Crippen molar-refractivity contribution >= 4 is 0 Å². The van der Waals surface area contributed by atoms with Crippen molar-refractivity contribution in [1.29, 1.82) is 0 Å². The molecule has 0 bridgehead atoms. The quantitative estimate of drug-likeness (QED) is 0.759. The smallest absolute Gasteiger partial charge is 0.213 e. The van der Waals surface area contributed by atoms with Crippen molar-refractivity contribution in [2.45, 2.75) is 6.10 Å². The highest BCUT2D eigenvalue weighted by atomic mass is 16.3. The van der Waals surface area contributed by atoms with E-state index in [4.69, 9.17) is 0 Å². The Morgan fingerprint density at radius 1 is 0.929 bits per heavy atom. The Labute approximate surface area is 82.9 Å². The molecule has 14 heavy (non-hydrogen) atoms. The third-order valence-electron chi connectivity index (χ3n) is 2.14. The van der Waals surface area contributed by atoms with Gasteiger partial charge in [-0.25, -0.2) is 4.98 Å². The SMILES string of the molecule is OC(c1ccccc1)c1cccc[nH+]1. The lowest BCUT2D eigenvalue weighted by Crippen LogP contribution is -2.14. The highest BCUT2D eigenvalue weighted by Gasteiger charge is 2.14. The number of rotatable bonds is 2. The Hall–Kier alpha value is -1.67. The van der Waals surface area contributed by atoms with Gasteiger partial charge in [0.25, 0.3) is 0 Å². The second-order valence-corrected chi connectivity index (χ2v) is 3.13. The zero-order valence-corrected chi connectivity index (χ0v) is 7.72. The summed E-state index contributed by atoms with van der Waals surface area (Å²) in [6.45, 7) is 0. The molecule has 1 heterocycles. The van der Waals surface area contributed by atoms with E-state index in [-0.39, 0.29) is 0 Å². The van der Waals surface area contributed by atoms with Crippen LogP contribution >= 0.6 is 0 Å². The van der Waals surface area contributed by atoms with E-state index in [2.05, 4.69) is 4.98 Å². The van der Waals surface area contributed by atoms with Crippen LogP contribution in [0.2, 0.25) is 0 Å². The Balaban J connectivity index is 2.30. The molecular formula is C12H12NO+. The van der Waals surface area contributed by atoms with E-state index in [0.29, 0.717) is 0 Å². The second-order valence-electron chi connectivity index (χ2n) is 3.13. The molecule has 0 saturated carbocycles. The van der Waals surface area contributed by atoms with E-state index in [1.165, 1.54) is 0 Å². The summed E-state index contributed by atoms with van der Waals surface area (Å²) in [5.74, 6) is 0. The Morgan fingerprint density at radius 3 is 2.29 bits per heavy atom. The van der Waals surface area contributed by atoms with E-state index in [0.717, 1.165) is 11.3 Å². The van der Waals surface area contributed by atoms with E-state index in [1.807, 2.05) is 54.7 Å². The number of pyridine rings is 1. The van der Waals surface area contributed by atoms with Crippen LogP contribution in [0.1, 0.15) is 17.4 Å². The van der Waals surface area contributed by atoms with Gasteiger partial charge in [0.1, 0.15) is 0 Å². The molecule has 1 atom stereocenters. The molecule has 2 N–H and O–H groups in total. The minimum Gasteiger partial charge on any atom is -0.377 e. The van der Waals surface area contributed by atoms with Gasteiger partial charge < -0.3 is 5.11 Å². The minimum atomic E-state index is -0.572. The van der Waals surface area contributed by atoms with Gasteiger partial charge in [0.05, 0.1) is 0 Å². The first kappa shape index (κ1) is 8.91. The fraction of sp³-hybridized carbons (Fsp3) is 0.0833. The van der Waals surface area contributed by atoms with Crippen molar-refractivity contribution in [2.24, 2.45) is 0 Å². The van der Waals surface area contributed by atoms with E-state index in [9.17, 15) is 5.11 Å². The van der Waals surface area contributed by atoms with Gasteiger partial charge in [-0.05, 0) is 11.6 Å². The molecular weight excluding hydrogens is 174 g/mol. The van der Waals surface area contributed by atoms with Gasteiger partial charge in [-0.2, -0.15) is 0 Å². The molecule has 2 aromatic rings. The van der Waals surface area contributed by atoms with Gasteiger partial charge in [-0.15, -0.1) is 0 Å². The van der Waals surface area contributed by atoms with Gasteiger partial charge in [-0.1, -0.05) is 30.3 Å². The molecule has 2 heteroatoms. The zero-order valence-electron chi connectivity index (χ0n) is 7.72. The van der Waals surface area contributed by atoms with Crippen molar-refractivity contribution in [2.75, 3.05) is 0 Å². The van der Waals surface area contributed by atoms with Crippen molar-refractivity contribution in [1.82, 2.24) is 0 Å². The molecule has 0 spiro atoms. The maximum atomic E-state index is 9.96. The number of benzene rings is 1. The maximum Gasteiger partial charge on any atom is 0.213 e. The van der Waals surface area contributed by atoms with Crippen LogP contribution in [-0.2, 0) is 0 Å². The third kappa shape index (κ3) is 1.80. The first-order chi connectivity index (χ1) is 6.88. The number of nitrogens with one attached hydrogen (secondary N) is 1. The first-order valence-electron chi connectivity index (χ1n) is 4.57. The number of aromatic nitrogens is 1. The second kappa shape index (κ2) is 4.03. The molecule has 0 fully saturated rings. The molecule has 1 unspecified atom stereocenters. The van der Waals surface area contributed by atoms with Crippen molar-refractivity contribution in [3.63, 3.8) is 0 Å². The van der Waals surface area contributed by atoms with Crippen LogP contribution in [0.3, 0.4) is 0 Å². The standard InChI is InChI=1S/C12H11NO/c14-12(10-6-2-1-3-7-10)11-8-4-5-9-13-11/h1-9,12,14H/p+1. The lowest BCUT2D eigenvalue weighted by atomic mass is 10.1. The van der Waals surface area contributed by atoms with Crippen LogP contribution in [-0.4, -0.2) is 5.11 Å². The Morgan fingerprint density at radius 2 is 1.64 bits per heavy atom. The summed E-state index contributed by atoms with van der Waals surface area (Å²) in [5, 5.41) is 9.96. The fourth-order valence-electron chi connectivity index (χ4n) is 1.39. The highest BCUT2D eigenvalue weighted by molar-refractivity contribution is 5.23. The topological polar surface area (TPSA) is 34.4 Å². The molecule has 0 aliphatic rings. The third-order valence-corrected chi connectivity index (χ3v) is 2.14. The summed E-state index contributed by atoms with van der Waals surface area (Å²) in [6.07, 6.45) is 1.24. The van der Waals surface area contributed by atoms with Crippen molar-refractivity contribution < 1.29 is 10.1 Å². The zero-order chi connectivity index (χ0) is 9.80. The predicted octanol–water partition coefficient (Wildman–Crippen LogP) is 1.58. The molecule has 0 radical (unpaired) electrons. The van der Waals surface area contributed by atoms with Crippen LogP contribution in [0, 0.1) is 0 Å². The number of H-pyrrole nitrogens is 1. The summed E-state index contributed by atoms with van der Waals surface area (Å²) in [4.78, 5) is 3.02. The average Bonchev–Trinajstić information content (AvgIpc) is 2.30. The lowest BCUT2D eigenvalue weighted by molar-refractivity contribution is -0.397. The number of aliphatic hydroxyl groups excluding tert-OH is 1. The average molecular weight is 186 g/mol. The predicted molar refractivity (Wildman–Crippen MR) is 53.5 cm³/mol. The van der Waals surface area contributed by atoms with Gasteiger partial charge in [0, 0.05) is 12.1 Å². The van der Waals surface area contributed by atoms with Gasteiger partial charge in [0.2, 0.25) is 5.69 Å². The molecule has 1 aromatic heterocycles. The summed E-state index contributed by atoms with van der Waals surface area (Å²) < 4.78 is 0. The summed E-state index contributed by atoms with van der Waals surface area (Å²) in [5.41, 5.74) is 1.70. The molecule has 0 aliphatic carbocycles. The minimum absolute atomic E-state index is 0.572. The first-order valence-corrected chi connectivity index (χ1v) is 4.57. The van der Waals surface area contributed by atoms with Crippen molar-refractivity contribution in [3.05, 3.63) is 66.0 Å². The lowest BCUT2D eigenvalue weighted by Gasteiger charge is -2.05. The molecule has 0 aliphatic heterocycles. The number of aliphatic hydroxyl groups is 1. The summed E-state index contributed by atoms with van der Waals surface area (Å²) in [6, 6.07) is 15.3. The van der Waals surface area contributed by atoms with Crippen LogP contribution in [0.5, 0.6) is 0 Å². The maximum absolute atomic E-state index is 9.96. The molecule has 70 valence electrons. The Kier molecular flexibility index (Phi) is 2.56. The molecule has 1 aromatic carbocycles. The number of aromatic amines is 1. The van der Waals surface area contributed by atoms with E-state index in [1.54, 1.807) is 0 Å². The number of hydrogen-bond donors (Lipinski definition) is 1. The normalized spacial score (nSPS) is 12.4. The van der Waals surface area contributed by atoms with Gasteiger partial charge >= 0.3 is 0 Å². The van der Waals surface area contributed by atoms with Gasteiger partial charge in [-0.3, -0.25) is 0 Å². The van der Waals surface area contributed by atoms with Gasteiger partial charge in [0.15, 0.2) is 12.3 Å². The molecule has 0 amide bonds. The Bertz CT molecular complexity index is 346. The van der Waals surface area contributed by atoms with E-state index < -0.39 is 6.10 Å². The van der Waals surface area contributed by atoms with E-state index >= 15 is 0 Å². The van der Waals surface area contributed by atoms with Crippen molar-refractivity contribution in [3.8, 4) is 0 Å². The largest absolute Gasteiger partial charge is 0.377 e. The van der Waals surface area contributed by atoms with Crippen LogP contribution in [0.15, 0.2) is 54.7 Å². The number of hydrogen-bond acceptors (Lipinski definition) is 1. The van der Waals surface area contributed by atoms with Crippen LogP contribution in [0.25, 0.3) is 0 Å². The summed E-state index contributed by atoms with van der Waals surface area (Å²) in [7, 11) is 0. The molecule has 0 saturated heterocycles. The monoisotopic (exact) mass is 186 g/mol. The molecule has 2 nitrogen and oxygen atoms in total. The summed E-state index contributed by atoms with van der Waals surface area (Å²) >= 11 is 0. The van der Waals surface area contributed by atoms with Crippen LogP contribution < -0.4 is 4.98 Å². The highest BCUT2D eigenvalue weighted by Crippen LogP contribution is 2.16.